The molecule has 1 aromatic heterocycles. The number of benzene rings is 1. The van der Waals surface area contributed by atoms with Crippen LogP contribution in [0.1, 0.15) is 38.1 Å². The van der Waals surface area contributed by atoms with Gasteiger partial charge in [-0.25, -0.2) is 4.98 Å². The van der Waals surface area contributed by atoms with Crippen molar-refractivity contribution in [3.8, 4) is 17.1 Å². The first-order valence-electron chi connectivity index (χ1n) is 8.45. The molecule has 2 aromatic rings. The van der Waals surface area contributed by atoms with Crippen LogP contribution in [0.2, 0.25) is 10.0 Å². The van der Waals surface area contributed by atoms with E-state index in [1.54, 1.807) is 6.07 Å². The lowest BCUT2D eigenvalue weighted by molar-refractivity contribution is 0.00578. The largest absolute Gasteiger partial charge is 0.496 e. The first-order valence-corrected chi connectivity index (χ1v) is 9.21. The van der Waals surface area contributed by atoms with Crippen molar-refractivity contribution in [2.45, 2.75) is 38.9 Å². The Morgan fingerprint density at radius 1 is 1.15 bits per heavy atom. The standard InChI is InChI=1S/C19H20BCl2NO4/c1-18(2)19(3,4)27-20(26-18)13-8-6-7-11(16(13)22)15-9-14(21)12(10-24)17(23-15)25-5/h6-10H,1-5H3. The summed E-state index contributed by atoms with van der Waals surface area (Å²) in [5.41, 5.74) is 1.07. The number of hydrogen-bond donors (Lipinski definition) is 0. The third-order valence-corrected chi connectivity index (χ3v) is 5.83. The molecule has 1 aromatic carbocycles. The Bertz CT molecular complexity index is 886. The van der Waals surface area contributed by atoms with Crippen molar-refractivity contribution in [2.75, 3.05) is 7.11 Å². The number of aldehydes is 1. The van der Waals surface area contributed by atoms with Crippen LogP contribution in [0.15, 0.2) is 24.3 Å². The second kappa shape index (κ2) is 7.10. The van der Waals surface area contributed by atoms with E-state index in [0.29, 0.717) is 28.0 Å². The quantitative estimate of drug-likeness (QED) is 0.562. The van der Waals surface area contributed by atoms with Crippen molar-refractivity contribution in [1.82, 2.24) is 4.98 Å². The van der Waals surface area contributed by atoms with Crippen LogP contribution in [0, 0.1) is 0 Å². The van der Waals surface area contributed by atoms with Gasteiger partial charge < -0.3 is 14.0 Å². The van der Waals surface area contributed by atoms with E-state index in [0.717, 1.165) is 0 Å². The van der Waals surface area contributed by atoms with Crippen molar-refractivity contribution in [3.05, 3.63) is 39.9 Å². The fourth-order valence-corrected chi connectivity index (χ4v) is 3.34. The zero-order valence-electron chi connectivity index (χ0n) is 15.8. The SMILES string of the molecule is COc1nc(-c2cccc(B3OC(C)(C)C(C)(C)O3)c2Cl)cc(Cl)c1C=O. The Morgan fingerprint density at radius 3 is 2.33 bits per heavy atom. The summed E-state index contributed by atoms with van der Waals surface area (Å²) in [6.45, 7) is 7.92. The van der Waals surface area contributed by atoms with Crippen LogP contribution in [0.3, 0.4) is 0 Å². The smallest absolute Gasteiger partial charge is 0.480 e. The Labute approximate surface area is 169 Å². The molecule has 1 saturated heterocycles. The lowest BCUT2D eigenvalue weighted by Gasteiger charge is -2.32. The number of ether oxygens (including phenoxy) is 1. The van der Waals surface area contributed by atoms with Crippen LogP contribution >= 0.6 is 23.2 Å². The van der Waals surface area contributed by atoms with E-state index in [4.69, 9.17) is 37.2 Å². The third-order valence-electron chi connectivity index (χ3n) is 5.10. The van der Waals surface area contributed by atoms with E-state index in [1.165, 1.54) is 7.11 Å². The number of pyridine rings is 1. The highest BCUT2D eigenvalue weighted by atomic mass is 35.5. The van der Waals surface area contributed by atoms with Crippen molar-refractivity contribution in [1.29, 1.82) is 0 Å². The van der Waals surface area contributed by atoms with Gasteiger partial charge in [0.2, 0.25) is 5.88 Å². The summed E-state index contributed by atoms with van der Waals surface area (Å²) in [6.07, 6.45) is 0.611. The molecular formula is C19H20BCl2NO4. The zero-order chi connectivity index (χ0) is 20.0. The van der Waals surface area contributed by atoms with Gasteiger partial charge in [0, 0.05) is 16.0 Å². The third kappa shape index (κ3) is 3.47. The fourth-order valence-electron chi connectivity index (χ4n) is 2.80. The van der Waals surface area contributed by atoms with Gasteiger partial charge >= 0.3 is 7.12 Å². The second-order valence-corrected chi connectivity index (χ2v) is 8.11. The van der Waals surface area contributed by atoms with Gasteiger partial charge in [-0.3, -0.25) is 4.79 Å². The highest BCUT2D eigenvalue weighted by Crippen LogP contribution is 2.38. The van der Waals surface area contributed by atoms with Crippen LogP contribution in [0.25, 0.3) is 11.3 Å². The van der Waals surface area contributed by atoms with Gasteiger partial charge in [0.05, 0.1) is 34.6 Å². The van der Waals surface area contributed by atoms with Gasteiger partial charge in [0.15, 0.2) is 6.29 Å². The van der Waals surface area contributed by atoms with Crippen molar-refractivity contribution >= 4 is 42.1 Å². The second-order valence-electron chi connectivity index (χ2n) is 7.33. The monoisotopic (exact) mass is 407 g/mol. The van der Waals surface area contributed by atoms with Crippen LogP contribution < -0.4 is 10.2 Å². The minimum absolute atomic E-state index is 0.143. The molecule has 0 saturated carbocycles. The van der Waals surface area contributed by atoms with Gasteiger partial charge in [-0.2, -0.15) is 0 Å². The van der Waals surface area contributed by atoms with E-state index in [2.05, 4.69) is 4.98 Å². The molecule has 0 bridgehead atoms. The summed E-state index contributed by atoms with van der Waals surface area (Å²) in [5.74, 6) is 0.143. The lowest BCUT2D eigenvalue weighted by atomic mass is 9.78. The highest BCUT2D eigenvalue weighted by Gasteiger charge is 2.52. The molecule has 0 aliphatic carbocycles. The minimum Gasteiger partial charge on any atom is -0.480 e. The van der Waals surface area contributed by atoms with Crippen LogP contribution in [0.4, 0.5) is 0 Å². The maximum absolute atomic E-state index is 11.2. The molecule has 0 N–H and O–H groups in total. The van der Waals surface area contributed by atoms with E-state index < -0.39 is 18.3 Å². The van der Waals surface area contributed by atoms with Crippen LogP contribution in [-0.2, 0) is 9.31 Å². The lowest BCUT2D eigenvalue weighted by Crippen LogP contribution is -2.41. The summed E-state index contributed by atoms with van der Waals surface area (Å²) in [6, 6.07) is 7.10. The van der Waals surface area contributed by atoms with Gasteiger partial charge in [0.25, 0.3) is 0 Å². The molecule has 8 heteroatoms. The summed E-state index contributed by atoms with van der Waals surface area (Å²) >= 11 is 12.9. The summed E-state index contributed by atoms with van der Waals surface area (Å²) in [7, 11) is 0.826. The molecule has 0 spiro atoms. The molecule has 0 radical (unpaired) electrons. The Hall–Kier alpha value is -1.60. The maximum Gasteiger partial charge on any atom is 0.496 e. The molecule has 1 aliphatic heterocycles. The van der Waals surface area contributed by atoms with Crippen molar-refractivity contribution in [3.63, 3.8) is 0 Å². The number of carbonyl (C=O) groups excluding carboxylic acids is 1. The molecule has 142 valence electrons. The van der Waals surface area contributed by atoms with E-state index >= 15 is 0 Å². The average Bonchev–Trinajstić information content (AvgIpc) is 2.81. The predicted octanol–water partition coefficient (Wildman–Crippen LogP) is 4.18. The molecule has 1 aliphatic rings. The number of halogens is 2. The van der Waals surface area contributed by atoms with Gasteiger partial charge in [0.1, 0.15) is 0 Å². The number of carbonyl (C=O) groups is 1. The molecule has 3 rings (SSSR count). The summed E-state index contributed by atoms with van der Waals surface area (Å²) in [5, 5.41) is 0.685. The van der Waals surface area contributed by atoms with Gasteiger partial charge in [-0.05, 0) is 33.8 Å². The first-order chi connectivity index (χ1) is 12.6. The number of nitrogens with zero attached hydrogens (tertiary/aromatic N) is 1. The van der Waals surface area contributed by atoms with E-state index in [9.17, 15) is 4.79 Å². The number of methoxy groups -OCH3 is 1. The molecule has 27 heavy (non-hydrogen) atoms. The molecule has 0 amide bonds. The van der Waals surface area contributed by atoms with E-state index in [1.807, 2.05) is 45.9 Å². The predicted molar refractivity (Wildman–Crippen MR) is 107 cm³/mol. The van der Waals surface area contributed by atoms with Gasteiger partial charge in [-0.15, -0.1) is 0 Å². The molecule has 0 atom stereocenters. The van der Waals surface area contributed by atoms with E-state index in [-0.39, 0.29) is 16.5 Å². The summed E-state index contributed by atoms with van der Waals surface area (Å²) in [4.78, 5) is 15.6. The number of hydrogen-bond acceptors (Lipinski definition) is 5. The minimum atomic E-state index is -0.603. The van der Waals surface area contributed by atoms with Crippen molar-refractivity contribution in [2.24, 2.45) is 0 Å². The molecule has 5 nitrogen and oxygen atoms in total. The molecule has 1 fully saturated rings. The number of aromatic nitrogens is 1. The maximum atomic E-state index is 11.2. The zero-order valence-corrected chi connectivity index (χ0v) is 17.3. The molecule has 0 unspecified atom stereocenters. The fraction of sp³-hybridized carbons (Fsp3) is 0.368. The number of rotatable bonds is 4. The molecular weight excluding hydrogens is 388 g/mol. The Kier molecular flexibility index (Phi) is 5.30. The first kappa shape index (κ1) is 20.1. The normalized spacial score (nSPS) is 17.8. The highest BCUT2D eigenvalue weighted by molar-refractivity contribution is 6.66. The average molecular weight is 408 g/mol. The van der Waals surface area contributed by atoms with Crippen LogP contribution in [0.5, 0.6) is 5.88 Å². The molecule has 2 heterocycles. The topological polar surface area (TPSA) is 57.6 Å². The Balaban J connectivity index is 2.07. The summed E-state index contributed by atoms with van der Waals surface area (Å²) < 4.78 is 17.4. The Morgan fingerprint density at radius 2 is 1.78 bits per heavy atom. The van der Waals surface area contributed by atoms with Crippen LogP contribution in [-0.4, -0.2) is 36.7 Å². The van der Waals surface area contributed by atoms with Gasteiger partial charge in [-0.1, -0.05) is 41.4 Å². The van der Waals surface area contributed by atoms with Crippen molar-refractivity contribution < 1.29 is 18.8 Å².